The Morgan fingerprint density at radius 2 is 1.73 bits per heavy atom. The second-order valence-corrected chi connectivity index (χ2v) is 3.66. The van der Waals surface area contributed by atoms with Crippen LogP contribution in [0.15, 0.2) is 24.3 Å². The average molecular weight is 217 g/mol. The van der Waals surface area contributed by atoms with Crippen LogP contribution < -0.4 is 5.73 Å². The smallest absolute Gasteiger partial charge is 0.330 e. The zero-order valence-corrected chi connectivity index (χ0v) is 8.51. The highest BCUT2D eigenvalue weighted by Crippen LogP contribution is 2.28. The van der Waals surface area contributed by atoms with Crippen LogP contribution in [0.1, 0.15) is 11.1 Å². The van der Waals surface area contributed by atoms with Crippen molar-refractivity contribution in [3.8, 4) is 0 Å². The molecule has 0 aliphatic carbocycles. The van der Waals surface area contributed by atoms with Crippen molar-refractivity contribution in [1.29, 1.82) is 0 Å². The Kier molecular flexibility index (Phi) is 3.74. The number of halogens is 3. The first-order chi connectivity index (χ1) is 6.93. The largest absolute Gasteiger partial charge is 0.393 e. The molecule has 0 spiro atoms. The van der Waals surface area contributed by atoms with Gasteiger partial charge in [0.25, 0.3) is 0 Å². The molecule has 1 aromatic carbocycles. The molecule has 1 unspecified atom stereocenters. The lowest BCUT2D eigenvalue weighted by molar-refractivity contribution is -0.171. The Bertz CT molecular complexity index is 303. The number of benzene rings is 1. The van der Waals surface area contributed by atoms with Gasteiger partial charge < -0.3 is 5.73 Å². The van der Waals surface area contributed by atoms with Gasteiger partial charge in [0.05, 0.1) is 5.92 Å². The van der Waals surface area contributed by atoms with Crippen LogP contribution >= 0.6 is 0 Å². The van der Waals surface area contributed by atoms with Gasteiger partial charge in [-0.15, -0.1) is 0 Å². The molecule has 15 heavy (non-hydrogen) atoms. The summed E-state index contributed by atoms with van der Waals surface area (Å²) >= 11 is 0. The predicted octanol–water partition coefficient (Wildman–Crippen LogP) is 2.67. The zero-order chi connectivity index (χ0) is 11.5. The summed E-state index contributed by atoms with van der Waals surface area (Å²) in [5.41, 5.74) is 6.83. The standard InChI is InChI=1S/C11H14F3N/c1-8-2-4-9(5-3-8)6-10(7-15)11(12,13)14/h2-5,10H,6-7,15H2,1H3. The third-order valence-electron chi connectivity index (χ3n) is 2.35. The first kappa shape index (κ1) is 12.0. The lowest BCUT2D eigenvalue weighted by Crippen LogP contribution is -2.31. The number of aryl methyl sites for hydroxylation is 1. The summed E-state index contributed by atoms with van der Waals surface area (Å²) in [6.45, 7) is 1.53. The number of nitrogens with two attached hydrogens (primary N) is 1. The maximum Gasteiger partial charge on any atom is 0.393 e. The van der Waals surface area contributed by atoms with Crippen LogP contribution in [0.3, 0.4) is 0 Å². The molecule has 4 heteroatoms. The summed E-state index contributed by atoms with van der Waals surface area (Å²) in [6, 6.07) is 7.03. The van der Waals surface area contributed by atoms with E-state index in [9.17, 15) is 13.2 Å². The van der Waals surface area contributed by atoms with E-state index in [4.69, 9.17) is 5.73 Å². The number of hydrogen-bond acceptors (Lipinski definition) is 1. The molecule has 0 saturated carbocycles. The van der Waals surface area contributed by atoms with Crippen molar-refractivity contribution < 1.29 is 13.2 Å². The normalized spacial score (nSPS) is 13.9. The van der Waals surface area contributed by atoms with Crippen molar-refractivity contribution in [2.75, 3.05) is 6.54 Å². The van der Waals surface area contributed by atoms with Crippen molar-refractivity contribution in [3.63, 3.8) is 0 Å². The van der Waals surface area contributed by atoms with Gasteiger partial charge >= 0.3 is 6.18 Å². The molecule has 84 valence electrons. The highest BCUT2D eigenvalue weighted by Gasteiger charge is 2.38. The van der Waals surface area contributed by atoms with Crippen LogP contribution in [0.2, 0.25) is 0 Å². The Balaban J connectivity index is 2.71. The maximum absolute atomic E-state index is 12.4. The molecule has 0 saturated heterocycles. The first-order valence-corrected chi connectivity index (χ1v) is 4.76. The van der Waals surface area contributed by atoms with E-state index in [-0.39, 0.29) is 13.0 Å². The van der Waals surface area contributed by atoms with Crippen LogP contribution in [0.4, 0.5) is 13.2 Å². The fourth-order valence-corrected chi connectivity index (χ4v) is 1.34. The lowest BCUT2D eigenvalue weighted by Gasteiger charge is -2.18. The molecule has 2 N–H and O–H groups in total. The van der Waals surface area contributed by atoms with Crippen LogP contribution in [0, 0.1) is 12.8 Å². The van der Waals surface area contributed by atoms with E-state index >= 15 is 0 Å². The van der Waals surface area contributed by atoms with E-state index in [2.05, 4.69) is 0 Å². The van der Waals surface area contributed by atoms with Crippen molar-refractivity contribution in [2.45, 2.75) is 19.5 Å². The molecule has 0 heterocycles. The van der Waals surface area contributed by atoms with Crippen molar-refractivity contribution in [1.82, 2.24) is 0 Å². The van der Waals surface area contributed by atoms with E-state index in [1.54, 1.807) is 24.3 Å². The molecule has 0 amide bonds. The molecule has 1 aromatic rings. The molecule has 0 fully saturated rings. The third-order valence-corrected chi connectivity index (χ3v) is 2.35. The number of alkyl halides is 3. The molecule has 1 rings (SSSR count). The second-order valence-electron chi connectivity index (χ2n) is 3.66. The van der Waals surface area contributed by atoms with Crippen LogP contribution in [0.5, 0.6) is 0 Å². The molecular formula is C11H14F3N. The molecular weight excluding hydrogens is 203 g/mol. The topological polar surface area (TPSA) is 26.0 Å². The van der Waals surface area contributed by atoms with Gasteiger partial charge in [0.1, 0.15) is 0 Å². The first-order valence-electron chi connectivity index (χ1n) is 4.76. The predicted molar refractivity (Wildman–Crippen MR) is 53.5 cm³/mol. The third kappa shape index (κ3) is 3.55. The van der Waals surface area contributed by atoms with E-state index in [0.29, 0.717) is 5.56 Å². The second kappa shape index (κ2) is 4.66. The Hall–Kier alpha value is -1.03. The number of hydrogen-bond donors (Lipinski definition) is 1. The molecule has 1 atom stereocenters. The highest BCUT2D eigenvalue weighted by molar-refractivity contribution is 5.21. The van der Waals surface area contributed by atoms with Gasteiger partial charge in [0, 0.05) is 6.54 Å². The van der Waals surface area contributed by atoms with Gasteiger partial charge in [-0.25, -0.2) is 0 Å². The Morgan fingerprint density at radius 3 is 2.13 bits per heavy atom. The van der Waals surface area contributed by atoms with Gasteiger partial charge in [-0.2, -0.15) is 13.2 Å². The highest BCUT2D eigenvalue weighted by atomic mass is 19.4. The minimum absolute atomic E-state index is 0.0414. The van der Waals surface area contributed by atoms with Crippen LogP contribution in [-0.2, 0) is 6.42 Å². The molecule has 0 bridgehead atoms. The van der Waals surface area contributed by atoms with Gasteiger partial charge in [0.15, 0.2) is 0 Å². The summed E-state index contributed by atoms with van der Waals surface area (Å²) in [5, 5.41) is 0. The molecule has 1 nitrogen and oxygen atoms in total. The minimum atomic E-state index is -4.21. The van der Waals surface area contributed by atoms with Gasteiger partial charge in [-0.1, -0.05) is 29.8 Å². The maximum atomic E-state index is 12.4. The minimum Gasteiger partial charge on any atom is -0.330 e. The fraction of sp³-hybridized carbons (Fsp3) is 0.455. The van der Waals surface area contributed by atoms with Crippen molar-refractivity contribution >= 4 is 0 Å². The van der Waals surface area contributed by atoms with Crippen molar-refractivity contribution in [2.24, 2.45) is 11.7 Å². The van der Waals surface area contributed by atoms with Gasteiger partial charge in [-0.3, -0.25) is 0 Å². The molecule has 0 aromatic heterocycles. The summed E-state index contributed by atoms with van der Waals surface area (Å²) in [4.78, 5) is 0. The molecule has 0 radical (unpaired) electrons. The Morgan fingerprint density at radius 1 is 1.20 bits per heavy atom. The average Bonchev–Trinajstić information content (AvgIpc) is 2.15. The number of rotatable bonds is 3. The van der Waals surface area contributed by atoms with Crippen LogP contribution in [0.25, 0.3) is 0 Å². The Labute approximate surface area is 87.1 Å². The molecule has 0 aliphatic heterocycles. The lowest BCUT2D eigenvalue weighted by atomic mass is 9.98. The summed E-state index contributed by atoms with van der Waals surface area (Å²) < 4.78 is 37.2. The quantitative estimate of drug-likeness (QED) is 0.827. The zero-order valence-electron chi connectivity index (χ0n) is 8.51. The fourth-order valence-electron chi connectivity index (χ4n) is 1.34. The monoisotopic (exact) mass is 217 g/mol. The SMILES string of the molecule is Cc1ccc(CC(CN)C(F)(F)F)cc1. The summed E-state index contributed by atoms with van der Waals surface area (Å²) in [7, 11) is 0. The van der Waals surface area contributed by atoms with E-state index < -0.39 is 12.1 Å². The van der Waals surface area contributed by atoms with Crippen molar-refractivity contribution in [3.05, 3.63) is 35.4 Å². The molecule has 0 aliphatic rings. The summed E-state index contributed by atoms with van der Waals surface area (Å²) in [6.07, 6.45) is -4.25. The van der Waals surface area contributed by atoms with Gasteiger partial charge in [-0.05, 0) is 18.9 Å². The van der Waals surface area contributed by atoms with Crippen LogP contribution in [-0.4, -0.2) is 12.7 Å². The van der Waals surface area contributed by atoms with E-state index in [0.717, 1.165) is 5.56 Å². The van der Waals surface area contributed by atoms with E-state index in [1.807, 2.05) is 6.92 Å². The van der Waals surface area contributed by atoms with E-state index in [1.165, 1.54) is 0 Å². The summed E-state index contributed by atoms with van der Waals surface area (Å²) in [5.74, 6) is -1.44. The van der Waals surface area contributed by atoms with Gasteiger partial charge in [0.2, 0.25) is 0 Å².